The fourth-order valence-corrected chi connectivity index (χ4v) is 3.86. The average molecular weight is 386 g/mol. The van der Waals surface area contributed by atoms with Crippen molar-refractivity contribution in [3.63, 3.8) is 0 Å². The number of hydrogen-bond donors (Lipinski definition) is 1. The lowest BCUT2D eigenvalue weighted by Gasteiger charge is -2.14. The van der Waals surface area contributed by atoms with Crippen LogP contribution in [0.1, 0.15) is 23.3 Å². The Morgan fingerprint density at radius 2 is 2.15 bits per heavy atom. The maximum absolute atomic E-state index is 12.5. The summed E-state index contributed by atoms with van der Waals surface area (Å²) in [5, 5.41) is 2.88. The number of furan rings is 1. The van der Waals surface area contributed by atoms with Crippen LogP contribution in [0.2, 0.25) is 0 Å². The standard InChI is InChI=1S/C19H18N2O3S2/c1-12-5-6-15(13(2)10-12)20-17(22)7-8-21-18(23)16(26-19(21)25)11-14-4-3-9-24-14/h3-6,9-11H,7-8H2,1-2H3,(H,20,22). The average Bonchev–Trinajstić information content (AvgIpc) is 3.18. The molecule has 0 radical (unpaired) electrons. The SMILES string of the molecule is Cc1ccc(NC(=O)CCN2C(=O)C(=Cc3ccco3)SC2=S)c(C)c1. The number of thiocarbonyl (C=S) groups is 1. The molecule has 134 valence electrons. The molecule has 1 aliphatic rings. The number of thioether (sulfide) groups is 1. The van der Waals surface area contributed by atoms with Gasteiger partial charge in [-0.1, -0.05) is 41.7 Å². The van der Waals surface area contributed by atoms with Crippen LogP contribution in [0, 0.1) is 13.8 Å². The maximum atomic E-state index is 12.5. The van der Waals surface area contributed by atoms with E-state index in [2.05, 4.69) is 5.32 Å². The molecular weight excluding hydrogens is 368 g/mol. The number of nitrogens with one attached hydrogen (secondary N) is 1. The van der Waals surface area contributed by atoms with E-state index in [4.69, 9.17) is 16.6 Å². The predicted molar refractivity (Wildman–Crippen MR) is 108 cm³/mol. The Labute approximate surface area is 161 Å². The lowest BCUT2D eigenvalue weighted by Crippen LogP contribution is -2.31. The number of benzene rings is 1. The second-order valence-corrected chi connectivity index (χ2v) is 7.64. The van der Waals surface area contributed by atoms with Crippen LogP contribution in [0.25, 0.3) is 6.08 Å². The van der Waals surface area contributed by atoms with Crippen molar-refractivity contribution < 1.29 is 14.0 Å². The van der Waals surface area contributed by atoms with Gasteiger partial charge in [-0.25, -0.2) is 0 Å². The van der Waals surface area contributed by atoms with E-state index >= 15 is 0 Å². The van der Waals surface area contributed by atoms with Gasteiger partial charge in [0.1, 0.15) is 10.1 Å². The Bertz CT molecular complexity index is 888. The van der Waals surface area contributed by atoms with Crippen LogP contribution >= 0.6 is 24.0 Å². The number of nitrogens with zero attached hydrogens (tertiary/aromatic N) is 1. The highest BCUT2D eigenvalue weighted by molar-refractivity contribution is 8.26. The lowest BCUT2D eigenvalue weighted by molar-refractivity contribution is -0.122. The molecule has 2 heterocycles. The van der Waals surface area contributed by atoms with E-state index in [1.54, 1.807) is 24.5 Å². The molecule has 2 aromatic rings. The first kappa shape index (κ1) is 18.4. The zero-order valence-electron chi connectivity index (χ0n) is 14.4. The largest absolute Gasteiger partial charge is 0.465 e. The molecule has 5 nitrogen and oxygen atoms in total. The number of hydrogen-bond acceptors (Lipinski definition) is 5. The summed E-state index contributed by atoms with van der Waals surface area (Å²) in [6.45, 7) is 4.20. The third kappa shape index (κ3) is 4.23. The summed E-state index contributed by atoms with van der Waals surface area (Å²) in [6, 6.07) is 9.36. The van der Waals surface area contributed by atoms with Crippen molar-refractivity contribution in [1.82, 2.24) is 4.90 Å². The second-order valence-electron chi connectivity index (χ2n) is 5.97. The van der Waals surface area contributed by atoms with E-state index in [0.29, 0.717) is 15.0 Å². The van der Waals surface area contributed by atoms with Gasteiger partial charge in [-0.3, -0.25) is 14.5 Å². The zero-order chi connectivity index (χ0) is 18.7. The molecule has 0 aliphatic carbocycles. The molecule has 0 bridgehead atoms. The fourth-order valence-electron chi connectivity index (χ4n) is 2.58. The van der Waals surface area contributed by atoms with Crippen LogP contribution in [0.3, 0.4) is 0 Å². The molecular formula is C19H18N2O3S2. The fraction of sp³-hybridized carbons (Fsp3) is 0.211. The number of rotatable bonds is 5. The number of carbonyl (C=O) groups excluding carboxylic acids is 2. The van der Waals surface area contributed by atoms with Crippen molar-refractivity contribution >= 4 is 51.9 Å². The third-order valence-electron chi connectivity index (χ3n) is 3.91. The summed E-state index contributed by atoms with van der Waals surface area (Å²) in [7, 11) is 0. The van der Waals surface area contributed by atoms with Gasteiger partial charge in [0.2, 0.25) is 5.91 Å². The van der Waals surface area contributed by atoms with Crippen molar-refractivity contribution in [3.8, 4) is 0 Å². The summed E-state index contributed by atoms with van der Waals surface area (Å²) in [4.78, 5) is 26.7. The normalized spacial score (nSPS) is 15.8. The van der Waals surface area contributed by atoms with Gasteiger partial charge in [-0.15, -0.1) is 0 Å². The minimum atomic E-state index is -0.198. The molecule has 1 aromatic heterocycles. The third-order valence-corrected chi connectivity index (χ3v) is 5.29. The van der Waals surface area contributed by atoms with Gasteiger partial charge < -0.3 is 9.73 Å². The van der Waals surface area contributed by atoms with Crippen molar-refractivity contribution in [2.45, 2.75) is 20.3 Å². The van der Waals surface area contributed by atoms with Crippen LogP contribution in [-0.4, -0.2) is 27.6 Å². The molecule has 0 spiro atoms. The molecule has 0 saturated carbocycles. The van der Waals surface area contributed by atoms with Gasteiger partial charge in [-0.05, 0) is 37.6 Å². The Morgan fingerprint density at radius 1 is 1.35 bits per heavy atom. The van der Waals surface area contributed by atoms with Gasteiger partial charge in [0.25, 0.3) is 5.91 Å². The first-order valence-electron chi connectivity index (χ1n) is 8.10. The first-order chi connectivity index (χ1) is 12.4. The molecule has 1 saturated heterocycles. The number of aryl methyl sites for hydroxylation is 2. The van der Waals surface area contributed by atoms with Crippen molar-refractivity contribution in [2.75, 3.05) is 11.9 Å². The van der Waals surface area contributed by atoms with Crippen LogP contribution in [0.15, 0.2) is 45.9 Å². The van der Waals surface area contributed by atoms with Gasteiger partial charge >= 0.3 is 0 Å². The summed E-state index contributed by atoms with van der Waals surface area (Å²) in [5.41, 5.74) is 2.93. The minimum absolute atomic E-state index is 0.152. The minimum Gasteiger partial charge on any atom is -0.465 e. The van der Waals surface area contributed by atoms with Gasteiger partial charge in [-0.2, -0.15) is 0 Å². The van der Waals surface area contributed by atoms with Crippen LogP contribution < -0.4 is 5.32 Å². The monoisotopic (exact) mass is 386 g/mol. The van der Waals surface area contributed by atoms with Crippen LogP contribution in [0.4, 0.5) is 5.69 Å². The molecule has 2 amide bonds. The van der Waals surface area contributed by atoms with E-state index in [1.807, 2.05) is 32.0 Å². The number of anilines is 1. The summed E-state index contributed by atoms with van der Waals surface area (Å²) in [5.74, 6) is 0.245. The van der Waals surface area contributed by atoms with E-state index < -0.39 is 0 Å². The Kier molecular flexibility index (Phi) is 5.58. The van der Waals surface area contributed by atoms with E-state index in [1.165, 1.54) is 16.7 Å². The maximum Gasteiger partial charge on any atom is 0.266 e. The Balaban J connectivity index is 1.59. The number of carbonyl (C=O) groups is 2. The molecule has 0 atom stereocenters. The van der Waals surface area contributed by atoms with Crippen LogP contribution in [0.5, 0.6) is 0 Å². The van der Waals surface area contributed by atoms with Gasteiger partial charge in [0, 0.05) is 24.7 Å². The predicted octanol–water partition coefficient (Wildman–Crippen LogP) is 4.13. The molecule has 7 heteroatoms. The molecule has 1 aromatic carbocycles. The Hall–Kier alpha value is -2.38. The van der Waals surface area contributed by atoms with Crippen molar-refractivity contribution in [1.29, 1.82) is 0 Å². The second kappa shape index (κ2) is 7.88. The molecule has 3 rings (SSSR count). The van der Waals surface area contributed by atoms with Gasteiger partial charge in [0.15, 0.2) is 0 Å². The summed E-state index contributed by atoms with van der Waals surface area (Å²) >= 11 is 6.49. The smallest absolute Gasteiger partial charge is 0.266 e. The molecule has 1 N–H and O–H groups in total. The molecule has 1 aliphatic heterocycles. The molecule has 1 fully saturated rings. The highest BCUT2D eigenvalue weighted by Crippen LogP contribution is 2.32. The summed E-state index contributed by atoms with van der Waals surface area (Å²) in [6.07, 6.45) is 3.38. The topological polar surface area (TPSA) is 62.6 Å². The molecule has 26 heavy (non-hydrogen) atoms. The highest BCUT2D eigenvalue weighted by Gasteiger charge is 2.32. The lowest BCUT2D eigenvalue weighted by atomic mass is 10.1. The van der Waals surface area contributed by atoms with E-state index in [9.17, 15) is 9.59 Å². The van der Waals surface area contributed by atoms with E-state index in [0.717, 1.165) is 16.8 Å². The molecule has 0 unspecified atom stereocenters. The van der Waals surface area contributed by atoms with Crippen LogP contribution in [-0.2, 0) is 9.59 Å². The quantitative estimate of drug-likeness (QED) is 0.618. The van der Waals surface area contributed by atoms with Crippen molar-refractivity contribution in [2.24, 2.45) is 0 Å². The van der Waals surface area contributed by atoms with Crippen molar-refractivity contribution in [3.05, 3.63) is 58.4 Å². The van der Waals surface area contributed by atoms with Gasteiger partial charge in [0.05, 0.1) is 11.2 Å². The first-order valence-corrected chi connectivity index (χ1v) is 9.32. The van der Waals surface area contributed by atoms with E-state index in [-0.39, 0.29) is 24.8 Å². The summed E-state index contributed by atoms with van der Waals surface area (Å²) < 4.78 is 5.68. The Morgan fingerprint density at radius 3 is 2.85 bits per heavy atom. The highest BCUT2D eigenvalue weighted by atomic mass is 32.2. The number of amides is 2. The zero-order valence-corrected chi connectivity index (χ0v) is 16.1.